The lowest BCUT2D eigenvalue weighted by atomic mass is 9.61. The summed E-state index contributed by atoms with van der Waals surface area (Å²) >= 11 is 3.33. The second kappa shape index (κ2) is 5.82. The van der Waals surface area contributed by atoms with Crippen molar-refractivity contribution in [2.24, 2.45) is 23.0 Å². The zero-order valence-electron chi connectivity index (χ0n) is 12.2. The van der Waals surface area contributed by atoms with Gasteiger partial charge in [-0.1, -0.05) is 20.8 Å². The standard InChI is InChI=1S/C15H22BrN3O/c1-9-12(17)6-5-11(15(9,2)3)14(20)19-13-7-4-10(16)8-18-13/h4,7-9,11-12H,5-6,17H2,1-3H3,(H,18,19,20). The van der Waals surface area contributed by atoms with Crippen LogP contribution in [0.15, 0.2) is 22.8 Å². The lowest BCUT2D eigenvalue weighted by Gasteiger charge is -2.45. The molecule has 0 spiro atoms. The molecular formula is C15H22BrN3O. The van der Waals surface area contributed by atoms with Gasteiger partial charge in [0.25, 0.3) is 0 Å². The van der Waals surface area contributed by atoms with Gasteiger partial charge in [-0.3, -0.25) is 4.79 Å². The Bertz CT molecular complexity index is 486. The third-order valence-electron chi connectivity index (χ3n) is 4.80. The average Bonchev–Trinajstić information content (AvgIpc) is 2.38. The topological polar surface area (TPSA) is 68.0 Å². The smallest absolute Gasteiger partial charge is 0.229 e. The highest BCUT2D eigenvalue weighted by atomic mass is 79.9. The Labute approximate surface area is 128 Å². The number of nitrogens with two attached hydrogens (primary N) is 1. The first kappa shape index (κ1) is 15.4. The van der Waals surface area contributed by atoms with Crippen LogP contribution in [0.2, 0.25) is 0 Å². The third-order valence-corrected chi connectivity index (χ3v) is 5.27. The van der Waals surface area contributed by atoms with Crippen LogP contribution in [0.5, 0.6) is 0 Å². The molecule has 0 aromatic carbocycles. The Morgan fingerprint density at radius 1 is 1.45 bits per heavy atom. The minimum atomic E-state index is -0.100. The van der Waals surface area contributed by atoms with E-state index in [1.165, 1.54) is 0 Å². The number of anilines is 1. The van der Waals surface area contributed by atoms with Gasteiger partial charge in [-0.2, -0.15) is 0 Å². The number of hydrogen-bond acceptors (Lipinski definition) is 3. The van der Waals surface area contributed by atoms with Crippen LogP contribution in [0.25, 0.3) is 0 Å². The Balaban J connectivity index is 2.10. The largest absolute Gasteiger partial charge is 0.327 e. The number of halogens is 1. The fourth-order valence-corrected chi connectivity index (χ4v) is 3.22. The van der Waals surface area contributed by atoms with Gasteiger partial charge >= 0.3 is 0 Å². The summed E-state index contributed by atoms with van der Waals surface area (Å²) in [5.74, 6) is 0.938. The number of aromatic nitrogens is 1. The van der Waals surface area contributed by atoms with Crippen LogP contribution in [-0.4, -0.2) is 16.9 Å². The molecule has 1 aromatic rings. The number of nitrogens with one attached hydrogen (secondary N) is 1. The van der Waals surface area contributed by atoms with E-state index in [4.69, 9.17) is 5.73 Å². The highest BCUT2D eigenvalue weighted by Crippen LogP contribution is 2.44. The lowest BCUT2D eigenvalue weighted by Crippen LogP contribution is -2.50. The molecule has 3 N–H and O–H groups in total. The number of hydrogen-bond donors (Lipinski definition) is 2. The van der Waals surface area contributed by atoms with Gasteiger partial charge in [-0.05, 0) is 52.2 Å². The van der Waals surface area contributed by atoms with Crippen molar-refractivity contribution in [1.82, 2.24) is 4.98 Å². The van der Waals surface area contributed by atoms with Gasteiger partial charge in [0.1, 0.15) is 5.82 Å². The van der Waals surface area contributed by atoms with Crippen molar-refractivity contribution in [3.8, 4) is 0 Å². The molecule has 1 heterocycles. The maximum Gasteiger partial charge on any atom is 0.229 e. The van der Waals surface area contributed by atoms with E-state index in [9.17, 15) is 4.79 Å². The highest BCUT2D eigenvalue weighted by molar-refractivity contribution is 9.10. The molecule has 3 atom stereocenters. The van der Waals surface area contributed by atoms with E-state index in [-0.39, 0.29) is 23.3 Å². The molecule has 0 bridgehead atoms. The molecule has 1 aliphatic carbocycles. The van der Waals surface area contributed by atoms with Gasteiger partial charge in [0.2, 0.25) is 5.91 Å². The minimum absolute atomic E-state index is 0.0252. The zero-order chi connectivity index (χ0) is 14.9. The van der Waals surface area contributed by atoms with Gasteiger partial charge in [-0.15, -0.1) is 0 Å². The van der Waals surface area contributed by atoms with Gasteiger partial charge in [0, 0.05) is 22.6 Å². The number of carbonyl (C=O) groups excluding carboxylic acids is 1. The molecular weight excluding hydrogens is 318 g/mol. The van der Waals surface area contributed by atoms with Crippen molar-refractivity contribution in [3.05, 3.63) is 22.8 Å². The predicted octanol–water partition coefficient (Wildman–Crippen LogP) is 3.18. The summed E-state index contributed by atoms with van der Waals surface area (Å²) < 4.78 is 0.896. The maximum atomic E-state index is 12.5. The molecule has 5 heteroatoms. The van der Waals surface area contributed by atoms with E-state index >= 15 is 0 Å². The SMILES string of the molecule is CC1C(N)CCC(C(=O)Nc2ccc(Br)cn2)C1(C)C. The van der Waals surface area contributed by atoms with E-state index < -0.39 is 0 Å². The van der Waals surface area contributed by atoms with Crippen molar-refractivity contribution in [3.63, 3.8) is 0 Å². The van der Waals surface area contributed by atoms with Crippen molar-refractivity contribution >= 4 is 27.7 Å². The molecule has 4 nitrogen and oxygen atoms in total. The van der Waals surface area contributed by atoms with Crippen LogP contribution in [0.3, 0.4) is 0 Å². The zero-order valence-corrected chi connectivity index (χ0v) is 13.8. The summed E-state index contributed by atoms with van der Waals surface area (Å²) in [6.07, 6.45) is 3.41. The number of amides is 1. The summed E-state index contributed by atoms with van der Waals surface area (Å²) in [6.45, 7) is 6.41. The molecule has 1 fully saturated rings. The molecule has 0 radical (unpaired) electrons. The molecule has 3 unspecified atom stereocenters. The van der Waals surface area contributed by atoms with Crippen LogP contribution in [0, 0.1) is 17.3 Å². The summed E-state index contributed by atoms with van der Waals surface area (Å²) in [5, 5.41) is 2.92. The molecule has 1 amide bonds. The van der Waals surface area contributed by atoms with E-state index in [1.807, 2.05) is 6.07 Å². The van der Waals surface area contributed by atoms with Crippen molar-refractivity contribution in [2.45, 2.75) is 39.7 Å². The Hall–Kier alpha value is -0.940. The molecule has 1 aliphatic rings. The van der Waals surface area contributed by atoms with E-state index in [0.29, 0.717) is 11.7 Å². The molecule has 110 valence electrons. The minimum Gasteiger partial charge on any atom is -0.327 e. The monoisotopic (exact) mass is 339 g/mol. The quantitative estimate of drug-likeness (QED) is 0.869. The number of rotatable bonds is 2. The summed E-state index contributed by atoms with van der Waals surface area (Å²) in [5.41, 5.74) is 6.04. The first-order valence-electron chi connectivity index (χ1n) is 7.00. The third kappa shape index (κ3) is 3.04. The second-order valence-corrected chi connectivity index (χ2v) is 7.17. The highest BCUT2D eigenvalue weighted by Gasteiger charge is 2.45. The number of pyridine rings is 1. The fraction of sp³-hybridized carbons (Fsp3) is 0.600. The van der Waals surface area contributed by atoms with Crippen LogP contribution < -0.4 is 11.1 Å². The molecule has 20 heavy (non-hydrogen) atoms. The maximum absolute atomic E-state index is 12.5. The molecule has 0 saturated heterocycles. The van der Waals surface area contributed by atoms with E-state index in [0.717, 1.165) is 17.3 Å². The first-order chi connectivity index (χ1) is 9.32. The molecule has 2 rings (SSSR count). The average molecular weight is 340 g/mol. The normalized spacial score (nSPS) is 28.9. The Kier molecular flexibility index (Phi) is 4.49. The van der Waals surface area contributed by atoms with Gasteiger partial charge in [0.05, 0.1) is 0 Å². The van der Waals surface area contributed by atoms with Gasteiger partial charge in [-0.25, -0.2) is 4.98 Å². The van der Waals surface area contributed by atoms with E-state index in [2.05, 4.69) is 47.0 Å². The van der Waals surface area contributed by atoms with Crippen LogP contribution in [-0.2, 0) is 4.79 Å². The predicted molar refractivity (Wildman–Crippen MR) is 84.2 cm³/mol. The Morgan fingerprint density at radius 3 is 2.75 bits per heavy atom. The number of nitrogens with zero attached hydrogens (tertiary/aromatic N) is 1. The molecule has 1 aromatic heterocycles. The van der Waals surface area contributed by atoms with Gasteiger partial charge in [0.15, 0.2) is 0 Å². The van der Waals surface area contributed by atoms with Crippen molar-refractivity contribution in [1.29, 1.82) is 0 Å². The van der Waals surface area contributed by atoms with E-state index in [1.54, 1.807) is 12.3 Å². The summed E-state index contributed by atoms with van der Waals surface area (Å²) in [4.78, 5) is 16.7. The molecule has 1 saturated carbocycles. The van der Waals surface area contributed by atoms with Crippen LogP contribution >= 0.6 is 15.9 Å². The van der Waals surface area contributed by atoms with Gasteiger partial charge < -0.3 is 11.1 Å². The second-order valence-electron chi connectivity index (χ2n) is 6.25. The van der Waals surface area contributed by atoms with Crippen LogP contribution in [0.4, 0.5) is 5.82 Å². The van der Waals surface area contributed by atoms with Crippen molar-refractivity contribution in [2.75, 3.05) is 5.32 Å². The molecule has 0 aliphatic heterocycles. The Morgan fingerprint density at radius 2 is 2.15 bits per heavy atom. The first-order valence-corrected chi connectivity index (χ1v) is 7.79. The summed E-state index contributed by atoms with van der Waals surface area (Å²) in [7, 11) is 0. The lowest BCUT2D eigenvalue weighted by molar-refractivity contribution is -0.127. The van der Waals surface area contributed by atoms with Crippen LogP contribution in [0.1, 0.15) is 33.6 Å². The number of carbonyl (C=O) groups is 1. The summed E-state index contributed by atoms with van der Waals surface area (Å²) in [6, 6.07) is 3.85. The fourth-order valence-electron chi connectivity index (χ4n) is 2.98. The van der Waals surface area contributed by atoms with Crippen molar-refractivity contribution < 1.29 is 4.79 Å².